The van der Waals surface area contributed by atoms with E-state index in [0.29, 0.717) is 6.54 Å². The second-order valence-electron chi connectivity index (χ2n) is 11.2. The highest BCUT2D eigenvalue weighted by Crippen LogP contribution is 2.38. The fourth-order valence-corrected chi connectivity index (χ4v) is 5.38. The number of likely N-dealkylation sites (N-methyl/N-ethyl adjacent to an activating group) is 1. The number of amides is 1. The molecule has 234 valence electrons. The van der Waals surface area contributed by atoms with Gasteiger partial charge in [-0.25, -0.2) is 4.79 Å². The van der Waals surface area contributed by atoms with Crippen molar-refractivity contribution >= 4 is 6.09 Å². The summed E-state index contributed by atoms with van der Waals surface area (Å²) in [5.41, 5.74) is 7.02. The third kappa shape index (κ3) is 9.33. The van der Waals surface area contributed by atoms with E-state index < -0.39 is 12.4 Å². The van der Waals surface area contributed by atoms with Gasteiger partial charge in [0.05, 0.1) is 18.8 Å². The number of nitrogens with zero attached hydrogens (tertiary/aromatic N) is 2. The minimum Gasteiger partial charge on any atom is -0.445 e. The van der Waals surface area contributed by atoms with Crippen molar-refractivity contribution in [2.75, 3.05) is 26.7 Å². The van der Waals surface area contributed by atoms with Gasteiger partial charge in [-0.1, -0.05) is 85.5 Å². The van der Waals surface area contributed by atoms with E-state index in [4.69, 9.17) is 14.2 Å². The number of aliphatic hydroxyl groups is 1. The maximum absolute atomic E-state index is 11.8. The van der Waals surface area contributed by atoms with Crippen LogP contribution in [0.1, 0.15) is 46.8 Å². The van der Waals surface area contributed by atoms with Gasteiger partial charge in [0.25, 0.3) is 0 Å². The Morgan fingerprint density at radius 3 is 2.53 bits per heavy atom. The Morgan fingerprint density at radius 2 is 1.80 bits per heavy atom. The number of ether oxygens (including phenoxy) is 3. The summed E-state index contributed by atoms with van der Waals surface area (Å²) in [6.45, 7) is 5.74. The molecule has 2 N–H and O–H groups in total. The van der Waals surface area contributed by atoms with Gasteiger partial charge in [-0.3, -0.25) is 4.98 Å². The van der Waals surface area contributed by atoms with Crippen LogP contribution in [0.15, 0.2) is 110 Å². The van der Waals surface area contributed by atoms with Gasteiger partial charge in [0.1, 0.15) is 6.61 Å². The Balaban J connectivity index is 1.27. The molecule has 0 aliphatic carbocycles. The fourth-order valence-electron chi connectivity index (χ4n) is 5.38. The Hall–Kier alpha value is -4.34. The Labute approximate surface area is 265 Å². The number of aromatic nitrogens is 1. The van der Waals surface area contributed by atoms with E-state index in [1.54, 1.807) is 0 Å². The summed E-state index contributed by atoms with van der Waals surface area (Å²) in [7, 11) is 2.12. The molecular weight excluding hydrogens is 566 g/mol. The third-order valence-electron chi connectivity index (χ3n) is 7.82. The first-order valence-electron chi connectivity index (χ1n) is 15.3. The van der Waals surface area contributed by atoms with Crippen molar-refractivity contribution in [2.45, 2.75) is 44.5 Å². The van der Waals surface area contributed by atoms with Crippen LogP contribution >= 0.6 is 0 Å². The molecule has 8 nitrogen and oxygen atoms in total. The molecule has 0 unspecified atom stereocenters. The van der Waals surface area contributed by atoms with Gasteiger partial charge in [0.15, 0.2) is 6.29 Å². The molecular formula is C37H41N3O5. The number of pyridine rings is 1. The lowest BCUT2D eigenvalue weighted by Crippen LogP contribution is -2.38. The monoisotopic (exact) mass is 607 g/mol. The molecule has 4 aromatic rings. The highest BCUT2D eigenvalue weighted by molar-refractivity contribution is 5.68. The topological polar surface area (TPSA) is 93.2 Å². The van der Waals surface area contributed by atoms with E-state index in [1.165, 1.54) is 6.08 Å². The van der Waals surface area contributed by atoms with Crippen molar-refractivity contribution in [3.63, 3.8) is 0 Å². The SMILES string of the molecule is C=CCOC(=O)NCc1cccc(-c2ccc([C@@H]3O[C@H](CN(C)CCc4ccccn4)C[C@H](c4ccc(CO)cc4)O3)cc2)c1. The molecule has 0 bridgehead atoms. The molecule has 45 heavy (non-hydrogen) atoms. The molecule has 1 aliphatic rings. The van der Waals surface area contributed by atoms with Crippen LogP contribution in [0.3, 0.4) is 0 Å². The minimum absolute atomic E-state index is 0.00920. The second kappa shape index (κ2) is 16.1. The first-order chi connectivity index (χ1) is 22.0. The van der Waals surface area contributed by atoms with Crippen molar-refractivity contribution in [1.82, 2.24) is 15.2 Å². The Bertz CT molecular complexity index is 1510. The Kier molecular flexibility index (Phi) is 11.5. The van der Waals surface area contributed by atoms with Crippen LogP contribution < -0.4 is 5.32 Å². The van der Waals surface area contributed by atoms with E-state index in [1.807, 2.05) is 60.8 Å². The molecule has 0 saturated carbocycles. The van der Waals surface area contributed by atoms with E-state index >= 15 is 0 Å². The molecule has 3 atom stereocenters. The summed E-state index contributed by atoms with van der Waals surface area (Å²) < 4.78 is 18.1. The lowest BCUT2D eigenvalue weighted by Gasteiger charge is -2.38. The number of carbonyl (C=O) groups excluding carboxylic acids is 1. The van der Waals surface area contributed by atoms with E-state index in [9.17, 15) is 9.90 Å². The smallest absolute Gasteiger partial charge is 0.407 e. The molecule has 8 heteroatoms. The molecule has 3 aromatic carbocycles. The molecule has 0 spiro atoms. The van der Waals surface area contributed by atoms with Crippen LogP contribution in [0.2, 0.25) is 0 Å². The van der Waals surface area contributed by atoms with Crippen molar-refractivity contribution in [1.29, 1.82) is 0 Å². The third-order valence-corrected chi connectivity index (χ3v) is 7.82. The van der Waals surface area contributed by atoms with Crippen molar-refractivity contribution in [3.05, 3.63) is 138 Å². The Morgan fingerprint density at radius 1 is 1.00 bits per heavy atom. The van der Waals surface area contributed by atoms with Gasteiger partial charge in [-0.05, 0) is 53.1 Å². The minimum atomic E-state index is -0.526. The summed E-state index contributed by atoms with van der Waals surface area (Å²) in [6, 6.07) is 30.3. The molecule has 5 rings (SSSR count). The number of carbonyl (C=O) groups is 1. The van der Waals surface area contributed by atoms with E-state index in [-0.39, 0.29) is 25.4 Å². The first-order valence-corrected chi connectivity index (χ1v) is 15.3. The van der Waals surface area contributed by atoms with Gasteiger partial charge >= 0.3 is 6.09 Å². The summed E-state index contributed by atoms with van der Waals surface area (Å²) in [5.74, 6) is 0. The summed E-state index contributed by atoms with van der Waals surface area (Å²) in [5, 5.41) is 12.3. The standard InChI is InChI=1S/C37H41N3O5/c1-3-21-43-37(42)39-24-28-7-6-8-32(22-28)29-14-16-31(17-15-29)36-44-34(25-40(2)20-18-33-9-4-5-19-38-33)23-35(45-36)30-12-10-27(26-41)11-13-30/h3-17,19,22,34-36,41H,1,18,20-21,23-26H2,2H3,(H,39,42)/t34-,35+,36+/m0/s1. The summed E-state index contributed by atoms with van der Waals surface area (Å²) in [4.78, 5) is 18.6. The van der Waals surface area contributed by atoms with Crippen LogP contribution in [-0.2, 0) is 33.8 Å². The van der Waals surface area contributed by atoms with Crippen LogP contribution in [0, 0.1) is 0 Å². The second-order valence-corrected chi connectivity index (χ2v) is 11.2. The highest BCUT2D eigenvalue weighted by Gasteiger charge is 2.32. The van der Waals surface area contributed by atoms with Gasteiger partial charge in [0, 0.05) is 49.9 Å². The van der Waals surface area contributed by atoms with Crippen LogP contribution in [0.5, 0.6) is 0 Å². The first kappa shape index (κ1) is 32.1. The van der Waals surface area contributed by atoms with Crippen LogP contribution in [-0.4, -0.2) is 53.9 Å². The van der Waals surface area contributed by atoms with E-state index in [2.05, 4.69) is 65.2 Å². The predicted octanol–water partition coefficient (Wildman–Crippen LogP) is 6.37. The zero-order valence-corrected chi connectivity index (χ0v) is 25.7. The molecule has 1 aliphatic heterocycles. The zero-order valence-electron chi connectivity index (χ0n) is 25.7. The lowest BCUT2D eigenvalue weighted by molar-refractivity contribution is -0.252. The number of hydrogen-bond acceptors (Lipinski definition) is 7. The van der Waals surface area contributed by atoms with Crippen molar-refractivity contribution < 1.29 is 24.1 Å². The normalized spacial score (nSPS) is 18.0. The average molecular weight is 608 g/mol. The molecule has 1 saturated heterocycles. The van der Waals surface area contributed by atoms with E-state index in [0.717, 1.165) is 65.0 Å². The number of hydrogen-bond donors (Lipinski definition) is 2. The summed E-state index contributed by atoms with van der Waals surface area (Å²) in [6.07, 6.45) is 3.77. The molecule has 2 heterocycles. The van der Waals surface area contributed by atoms with Crippen molar-refractivity contribution in [2.24, 2.45) is 0 Å². The maximum Gasteiger partial charge on any atom is 0.407 e. The number of rotatable bonds is 13. The predicted molar refractivity (Wildman–Crippen MR) is 174 cm³/mol. The number of benzene rings is 3. The number of nitrogens with one attached hydrogen (secondary N) is 1. The lowest BCUT2D eigenvalue weighted by atomic mass is 9.99. The number of aliphatic hydroxyl groups excluding tert-OH is 1. The zero-order chi connectivity index (χ0) is 31.4. The number of alkyl carbamates (subject to hydrolysis) is 1. The fraction of sp³-hybridized carbons (Fsp3) is 0.297. The summed E-state index contributed by atoms with van der Waals surface area (Å²) >= 11 is 0. The van der Waals surface area contributed by atoms with Gasteiger partial charge in [-0.2, -0.15) is 0 Å². The molecule has 0 radical (unpaired) electrons. The van der Waals surface area contributed by atoms with Gasteiger partial charge < -0.3 is 29.5 Å². The molecule has 1 amide bonds. The average Bonchev–Trinajstić information content (AvgIpc) is 3.09. The largest absolute Gasteiger partial charge is 0.445 e. The maximum atomic E-state index is 11.8. The van der Waals surface area contributed by atoms with Crippen molar-refractivity contribution in [3.8, 4) is 11.1 Å². The molecule has 1 fully saturated rings. The van der Waals surface area contributed by atoms with Gasteiger partial charge in [0.2, 0.25) is 0 Å². The van der Waals surface area contributed by atoms with Gasteiger partial charge in [-0.15, -0.1) is 0 Å². The quantitative estimate of drug-likeness (QED) is 0.171. The van der Waals surface area contributed by atoms with Crippen LogP contribution in [0.4, 0.5) is 4.79 Å². The highest BCUT2D eigenvalue weighted by atomic mass is 16.7. The van der Waals surface area contributed by atoms with Crippen LogP contribution in [0.25, 0.3) is 11.1 Å². The molecule has 1 aromatic heterocycles.